The number of hydrogen-bond donors (Lipinski definition) is 1. The summed E-state index contributed by atoms with van der Waals surface area (Å²) in [6.45, 7) is 0.647. The van der Waals surface area contributed by atoms with Gasteiger partial charge in [0.25, 0.3) is 0 Å². The number of allylic oxidation sites excluding steroid dienone is 5. The standard InChI is InChI=1S/C14H15NO3/c1-17-9-10-18-14(16)12-7-3-2-5-11-6-4-8-15-13(11)12/h2-8,15H,9-10H2,1H3. The second-order valence-electron chi connectivity index (χ2n) is 3.76. The van der Waals surface area contributed by atoms with Crippen molar-refractivity contribution in [3.05, 3.63) is 59.5 Å². The van der Waals surface area contributed by atoms with Crippen LogP contribution in [0.3, 0.4) is 0 Å². The van der Waals surface area contributed by atoms with Crippen LogP contribution in [0.2, 0.25) is 0 Å². The molecule has 1 heterocycles. The van der Waals surface area contributed by atoms with Crippen molar-refractivity contribution in [2.45, 2.75) is 0 Å². The first-order valence-electron chi connectivity index (χ1n) is 5.72. The molecule has 4 heteroatoms. The third-order valence-corrected chi connectivity index (χ3v) is 2.55. The van der Waals surface area contributed by atoms with Gasteiger partial charge in [-0.2, -0.15) is 0 Å². The van der Waals surface area contributed by atoms with Gasteiger partial charge in [0.2, 0.25) is 0 Å². The maximum absolute atomic E-state index is 12.0. The lowest BCUT2D eigenvalue weighted by Crippen LogP contribution is -2.18. The summed E-state index contributed by atoms with van der Waals surface area (Å²) < 4.78 is 9.98. The zero-order chi connectivity index (χ0) is 12.8. The Morgan fingerprint density at radius 1 is 1.22 bits per heavy atom. The van der Waals surface area contributed by atoms with Crippen molar-refractivity contribution in [1.29, 1.82) is 0 Å². The van der Waals surface area contributed by atoms with E-state index < -0.39 is 0 Å². The molecule has 2 rings (SSSR count). The topological polar surface area (TPSA) is 47.6 Å². The molecular weight excluding hydrogens is 230 g/mol. The monoisotopic (exact) mass is 245 g/mol. The van der Waals surface area contributed by atoms with Crippen LogP contribution in [0.25, 0.3) is 0 Å². The molecule has 1 aliphatic heterocycles. The fraction of sp³-hybridized carbons (Fsp3) is 0.214. The van der Waals surface area contributed by atoms with Gasteiger partial charge < -0.3 is 14.8 Å². The van der Waals surface area contributed by atoms with Crippen LogP contribution in [0.1, 0.15) is 0 Å². The average Bonchev–Trinajstić information content (AvgIpc) is 2.61. The SMILES string of the molecule is COCCOC(=O)C1=C2NC=CC=C2C=CC=C1. The van der Waals surface area contributed by atoms with Crippen molar-refractivity contribution in [2.24, 2.45) is 0 Å². The number of nitrogens with one attached hydrogen (secondary N) is 1. The van der Waals surface area contributed by atoms with Gasteiger partial charge in [-0.1, -0.05) is 24.3 Å². The first-order valence-corrected chi connectivity index (χ1v) is 5.72. The summed E-state index contributed by atoms with van der Waals surface area (Å²) in [5.41, 5.74) is 2.25. The van der Waals surface area contributed by atoms with Gasteiger partial charge in [-0.05, 0) is 17.7 Å². The van der Waals surface area contributed by atoms with E-state index >= 15 is 0 Å². The Kier molecular flexibility index (Phi) is 4.15. The minimum atomic E-state index is -0.351. The normalized spacial score (nSPS) is 16.8. The molecule has 0 radical (unpaired) electrons. The first-order chi connectivity index (χ1) is 8.83. The minimum Gasteiger partial charge on any atom is -0.460 e. The Hall–Kier alpha value is -2.07. The van der Waals surface area contributed by atoms with E-state index in [4.69, 9.17) is 9.47 Å². The van der Waals surface area contributed by atoms with E-state index in [1.807, 2.05) is 30.4 Å². The summed E-state index contributed by atoms with van der Waals surface area (Å²) in [5, 5.41) is 3.08. The second-order valence-corrected chi connectivity index (χ2v) is 3.76. The lowest BCUT2D eigenvalue weighted by atomic mass is 10.1. The highest BCUT2D eigenvalue weighted by molar-refractivity contribution is 5.94. The Balaban J connectivity index is 2.19. The van der Waals surface area contributed by atoms with Crippen LogP contribution in [0, 0.1) is 0 Å². The van der Waals surface area contributed by atoms with Crippen LogP contribution < -0.4 is 5.32 Å². The molecule has 0 aromatic heterocycles. The number of carbonyl (C=O) groups is 1. The molecule has 0 aromatic carbocycles. The zero-order valence-electron chi connectivity index (χ0n) is 10.2. The number of hydrogen-bond acceptors (Lipinski definition) is 4. The van der Waals surface area contributed by atoms with Crippen LogP contribution in [-0.4, -0.2) is 26.3 Å². The van der Waals surface area contributed by atoms with Gasteiger partial charge in [0.1, 0.15) is 6.61 Å². The first kappa shape index (κ1) is 12.4. The van der Waals surface area contributed by atoms with Crippen LogP contribution in [-0.2, 0) is 14.3 Å². The van der Waals surface area contributed by atoms with E-state index in [-0.39, 0.29) is 12.6 Å². The largest absolute Gasteiger partial charge is 0.460 e. The third kappa shape index (κ3) is 2.78. The van der Waals surface area contributed by atoms with Crippen LogP contribution in [0.15, 0.2) is 59.5 Å². The van der Waals surface area contributed by atoms with Crippen molar-refractivity contribution in [2.75, 3.05) is 20.3 Å². The summed E-state index contributed by atoms with van der Waals surface area (Å²) in [4.78, 5) is 12.0. The molecule has 4 nitrogen and oxygen atoms in total. The highest BCUT2D eigenvalue weighted by Crippen LogP contribution is 2.21. The lowest BCUT2D eigenvalue weighted by Gasteiger charge is -2.15. The Morgan fingerprint density at radius 2 is 2.06 bits per heavy atom. The summed E-state index contributed by atoms with van der Waals surface area (Å²) in [6.07, 6.45) is 13.0. The van der Waals surface area contributed by atoms with Crippen LogP contribution in [0.4, 0.5) is 0 Å². The van der Waals surface area contributed by atoms with Gasteiger partial charge in [-0.15, -0.1) is 0 Å². The van der Waals surface area contributed by atoms with Crippen molar-refractivity contribution in [1.82, 2.24) is 5.32 Å². The maximum atomic E-state index is 12.0. The molecule has 18 heavy (non-hydrogen) atoms. The average molecular weight is 245 g/mol. The lowest BCUT2D eigenvalue weighted by molar-refractivity contribution is -0.139. The Bertz CT molecular complexity index is 481. The van der Waals surface area contributed by atoms with Crippen molar-refractivity contribution in [3.8, 4) is 0 Å². The highest BCUT2D eigenvalue weighted by Gasteiger charge is 2.18. The molecule has 1 aliphatic carbocycles. The predicted molar refractivity (Wildman–Crippen MR) is 68.5 cm³/mol. The smallest absolute Gasteiger partial charge is 0.340 e. The molecule has 0 spiro atoms. The minimum absolute atomic E-state index is 0.252. The number of dihydropyridines is 1. The molecule has 0 saturated heterocycles. The van der Waals surface area contributed by atoms with Crippen LogP contribution in [0.5, 0.6) is 0 Å². The second kappa shape index (κ2) is 6.02. The van der Waals surface area contributed by atoms with E-state index in [1.54, 1.807) is 19.4 Å². The Morgan fingerprint density at radius 3 is 2.89 bits per heavy atom. The van der Waals surface area contributed by atoms with E-state index in [1.165, 1.54) is 0 Å². The molecule has 0 saturated carbocycles. The van der Waals surface area contributed by atoms with Gasteiger partial charge in [-0.3, -0.25) is 0 Å². The van der Waals surface area contributed by atoms with Gasteiger partial charge in [0.05, 0.1) is 17.9 Å². The van der Waals surface area contributed by atoms with E-state index in [2.05, 4.69) is 5.32 Å². The van der Waals surface area contributed by atoms with Gasteiger partial charge in [0.15, 0.2) is 0 Å². The Labute approximate surface area is 106 Å². The van der Waals surface area contributed by atoms with E-state index in [0.29, 0.717) is 12.2 Å². The summed E-state index contributed by atoms with van der Waals surface area (Å²) in [7, 11) is 1.57. The summed E-state index contributed by atoms with van der Waals surface area (Å²) in [5.74, 6) is -0.351. The predicted octanol–water partition coefficient (Wildman–Crippen LogP) is 1.60. The van der Waals surface area contributed by atoms with E-state index in [0.717, 1.165) is 11.3 Å². The summed E-state index contributed by atoms with van der Waals surface area (Å²) in [6, 6.07) is 0. The number of methoxy groups -OCH3 is 1. The fourth-order valence-electron chi connectivity index (χ4n) is 1.68. The van der Waals surface area contributed by atoms with Crippen LogP contribution >= 0.6 is 0 Å². The third-order valence-electron chi connectivity index (χ3n) is 2.55. The van der Waals surface area contributed by atoms with E-state index in [9.17, 15) is 4.79 Å². The molecular formula is C14H15NO3. The number of fused-ring (bicyclic) bond motifs is 1. The van der Waals surface area contributed by atoms with Gasteiger partial charge in [-0.25, -0.2) is 4.79 Å². The quantitative estimate of drug-likeness (QED) is 0.603. The maximum Gasteiger partial charge on any atom is 0.340 e. The molecule has 0 fully saturated rings. The number of carbonyl (C=O) groups excluding carboxylic acids is 1. The molecule has 2 aliphatic rings. The number of rotatable bonds is 4. The molecule has 0 bridgehead atoms. The van der Waals surface area contributed by atoms with Gasteiger partial charge >= 0.3 is 5.97 Å². The molecule has 1 N–H and O–H groups in total. The molecule has 0 aromatic rings. The summed E-state index contributed by atoms with van der Waals surface area (Å²) >= 11 is 0. The highest BCUT2D eigenvalue weighted by atomic mass is 16.6. The number of ether oxygens (including phenoxy) is 2. The molecule has 0 unspecified atom stereocenters. The molecule has 0 atom stereocenters. The van der Waals surface area contributed by atoms with Gasteiger partial charge in [0, 0.05) is 13.3 Å². The molecule has 0 amide bonds. The van der Waals surface area contributed by atoms with Crippen molar-refractivity contribution < 1.29 is 14.3 Å². The van der Waals surface area contributed by atoms with Crippen molar-refractivity contribution in [3.63, 3.8) is 0 Å². The fourth-order valence-corrected chi connectivity index (χ4v) is 1.68. The molecule has 94 valence electrons. The van der Waals surface area contributed by atoms with Crippen molar-refractivity contribution >= 4 is 5.97 Å². The zero-order valence-corrected chi connectivity index (χ0v) is 10.2. The number of esters is 1.